The van der Waals surface area contributed by atoms with Gasteiger partial charge in [-0.15, -0.1) is 0 Å². The molecule has 3 heterocycles. The van der Waals surface area contributed by atoms with Crippen LogP contribution in [-0.4, -0.2) is 41.0 Å². The average molecular weight is 430 g/mol. The lowest BCUT2D eigenvalue weighted by atomic mass is 9.90. The Morgan fingerprint density at radius 2 is 1.79 bits per heavy atom. The summed E-state index contributed by atoms with van der Waals surface area (Å²) >= 11 is 12.4. The number of piperidine rings is 1. The maximum atomic E-state index is 6.67. The van der Waals surface area contributed by atoms with E-state index >= 15 is 0 Å². The second-order valence-corrected chi connectivity index (χ2v) is 9.06. The summed E-state index contributed by atoms with van der Waals surface area (Å²) in [5.41, 5.74) is 2.94. The quantitative estimate of drug-likeness (QED) is 0.622. The third kappa shape index (κ3) is 3.41. The third-order valence-electron chi connectivity index (χ3n) is 6.31. The first-order chi connectivity index (χ1) is 14.1. The highest BCUT2D eigenvalue weighted by molar-refractivity contribution is 6.31. The topological polar surface area (TPSA) is 28.1 Å². The van der Waals surface area contributed by atoms with Gasteiger partial charge in [-0.3, -0.25) is 0 Å². The molecule has 0 aliphatic carbocycles. The number of hydrogen-bond donors (Lipinski definition) is 0. The van der Waals surface area contributed by atoms with Gasteiger partial charge >= 0.3 is 0 Å². The number of hydrazone groups is 1. The number of halogens is 2. The fraction of sp³-hybridized carbons (Fsp3) is 0.435. The third-order valence-corrected chi connectivity index (χ3v) is 6.80. The van der Waals surface area contributed by atoms with Crippen molar-refractivity contribution in [1.29, 1.82) is 0 Å². The molecule has 1 unspecified atom stereocenters. The van der Waals surface area contributed by atoms with Crippen molar-refractivity contribution in [2.75, 3.05) is 19.6 Å². The number of nitrogens with zero attached hydrogens (tertiary/aromatic N) is 3. The molecule has 6 heteroatoms. The molecule has 0 bridgehead atoms. The normalized spacial score (nSPS) is 22.8. The Balaban J connectivity index is 1.52. The smallest absolute Gasteiger partial charge is 0.200 e. The van der Waals surface area contributed by atoms with Gasteiger partial charge in [0, 0.05) is 48.0 Å². The molecule has 4 nitrogen and oxygen atoms in total. The molecule has 2 aromatic carbocycles. The van der Waals surface area contributed by atoms with E-state index in [1.54, 1.807) is 0 Å². The number of fused-ring (bicyclic) bond motifs is 4. The van der Waals surface area contributed by atoms with Gasteiger partial charge in [0.05, 0.1) is 11.8 Å². The molecule has 0 saturated carbocycles. The van der Waals surface area contributed by atoms with Crippen molar-refractivity contribution in [1.82, 2.24) is 9.91 Å². The summed E-state index contributed by atoms with van der Waals surface area (Å²) < 4.78 is 6.67. The van der Waals surface area contributed by atoms with E-state index in [2.05, 4.69) is 29.0 Å². The van der Waals surface area contributed by atoms with Crippen LogP contribution in [0.15, 0.2) is 47.6 Å². The maximum Gasteiger partial charge on any atom is 0.200 e. The lowest BCUT2D eigenvalue weighted by Crippen LogP contribution is -2.59. The maximum absolute atomic E-state index is 6.67. The standard InChI is InChI=1S/C23H25Cl2N3O/c1-2-11-27-12-9-23(10-13-27)28-21(19-14-18(25)7-8-22(19)29-23)15-20(26-28)16-3-5-17(24)6-4-16/h3-8,14,21H,2,9-13,15H2,1H3. The molecule has 1 fully saturated rings. The van der Waals surface area contributed by atoms with Crippen molar-refractivity contribution in [3.63, 3.8) is 0 Å². The predicted octanol–water partition coefficient (Wildman–Crippen LogP) is 5.74. The number of benzene rings is 2. The summed E-state index contributed by atoms with van der Waals surface area (Å²) in [7, 11) is 0. The Labute approximate surface area is 182 Å². The van der Waals surface area contributed by atoms with Gasteiger partial charge in [0.25, 0.3) is 0 Å². The van der Waals surface area contributed by atoms with Crippen molar-refractivity contribution in [2.45, 2.75) is 44.4 Å². The summed E-state index contributed by atoms with van der Waals surface area (Å²) in [4.78, 5) is 2.53. The van der Waals surface area contributed by atoms with E-state index in [0.29, 0.717) is 0 Å². The first-order valence-corrected chi connectivity index (χ1v) is 11.2. The van der Waals surface area contributed by atoms with Gasteiger partial charge in [0.15, 0.2) is 0 Å². The summed E-state index contributed by atoms with van der Waals surface area (Å²) in [6.07, 6.45) is 3.92. The van der Waals surface area contributed by atoms with Crippen LogP contribution in [0.3, 0.4) is 0 Å². The average Bonchev–Trinajstić information content (AvgIpc) is 3.18. The van der Waals surface area contributed by atoms with Crippen molar-refractivity contribution in [3.8, 4) is 5.75 Å². The molecule has 3 aliphatic heterocycles. The van der Waals surface area contributed by atoms with Crippen LogP contribution in [0.1, 0.15) is 49.8 Å². The van der Waals surface area contributed by atoms with Crippen molar-refractivity contribution in [3.05, 3.63) is 63.6 Å². The Kier molecular flexibility index (Phi) is 4.97. The number of ether oxygens (including phenoxy) is 1. The second-order valence-electron chi connectivity index (χ2n) is 8.19. The van der Waals surface area contributed by atoms with Crippen molar-refractivity contribution < 1.29 is 4.74 Å². The van der Waals surface area contributed by atoms with E-state index in [1.165, 1.54) is 6.42 Å². The van der Waals surface area contributed by atoms with Crippen LogP contribution in [0.4, 0.5) is 0 Å². The van der Waals surface area contributed by atoms with E-state index in [-0.39, 0.29) is 11.8 Å². The van der Waals surface area contributed by atoms with Crippen LogP contribution in [0.2, 0.25) is 10.0 Å². The molecule has 1 saturated heterocycles. The van der Waals surface area contributed by atoms with Crippen molar-refractivity contribution in [2.24, 2.45) is 5.10 Å². The minimum Gasteiger partial charge on any atom is -0.466 e. The number of rotatable bonds is 3. The highest BCUT2D eigenvalue weighted by Gasteiger charge is 2.51. The molecule has 1 spiro atoms. The molecule has 5 rings (SSSR count). The molecule has 1 atom stereocenters. The van der Waals surface area contributed by atoms with E-state index in [4.69, 9.17) is 33.0 Å². The first-order valence-electron chi connectivity index (χ1n) is 10.4. The zero-order valence-electron chi connectivity index (χ0n) is 16.6. The van der Waals surface area contributed by atoms with Crippen LogP contribution in [0, 0.1) is 0 Å². The Hall–Kier alpha value is -1.75. The molecule has 2 aromatic rings. The number of likely N-dealkylation sites (tertiary alicyclic amines) is 1. The van der Waals surface area contributed by atoms with Crippen LogP contribution in [-0.2, 0) is 0 Å². The van der Waals surface area contributed by atoms with Crippen LogP contribution in [0.25, 0.3) is 0 Å². The molecule has 0 amide bonds. The van der Waals surface area contributed by atoms with Gasteiger partial charge in [-0.2, -0.15) is 5.10 Å². The first kappa shape index (κ1) is 19.2. The fourth-order valence-electron chi connectivity index (χ4n) is 4.84. The van der Waals surface area contributed by atoms with Gasteiger partial charge in [0.1, 0.15) is 5.75 Å². The molecule has 29 heavy (non-hydrogen) atoms. The van der Waals surface area contributed by atoms with E-state index < -0.39 is 0 Å². The molecule has 0 aromatic heterocycles. The summed E-state index contributed by atoms with van der Waals surface area (Å²) in [6.45, 7) is 5.45. The van der Waals surface area contributed by atoms with Gasteiger partial charge in [0.2, 0.25) is 5.72 Å². The van der Waals surface area contributed by atoms with E-state index in [9.17, 15) is 0 Å². The van der Waals surface area contributed by atoms with E-state index in [0.717, 1.165) is 71.5 Å². The fourth-order valence-corrected chi connectivity index (χ4v) is 5.15. The zero-order chi connectivity index (χ0) is 20.0. The molecule has 152 valence electrons. The summed E-state index contributed by atoms with van der Waals surface area (Å²) in [5, 5.41) is 8.82. The molecule has 0 N–H and O–H groups in total. The monoisotopic (exact) mass is 429 g/mol. The zero-order valence-corrected chi connectivity index (χ0v) is 18.1. The lowest BCUT2D eigenvalue weighted by Gasteiger charge is -2.51. The Morgan fingerprint density at radius 1 is 1.07 bits per heavy atom. The minimum absolute atomic E-state index is 0.154. The molecular formula is C23H25Cl2N3O. The van der Waals surface area contributed by atoms with Crippen LogP contribution < -0.4 is 4.74 Å². The van der Waals surface area contributed by atoms with Crippen LogP contribution >= 0.6 is 23.2 Å². The number of hydrogen-bond acceptors (Lipinski definition) is 4. The van der Waals surface area contributed by atoms with Crippen LogP contribution in [0.5, 0.6) is 5.75 Å². The largest absolute Gasteiger partial charge is 0.466 e. The Bertz CT molecular complexity index is 936. The SMILES string of the molecule is CCCN1CCC2(CC1)Oc1ccc(Cl)cc1C1CC(c3ccc(Cl)cc3)=NN12. The molecular weight excluding hydrogens is 405 g/mol. The highest BCUT2D eigenvalue weighted by atomic mass is 35.5. The second kappa shape index (κ2) is 7.50. The minimum atomic E-state index is -0.385. The summed E-state index contributed by atoms with van der Waals surface area (Å²) in [6, 6.07) is 14.1. The van der Waals surface area contributed by atoms with Gasteiger partial charge < -0.3 is 9.64 Å². The van der Waals surface area contributed by atoms with Gasteiger partial charge in [-0.25, -0.2) is 5.01 Å². The highest BCUT2D eigenvalue weighted by Crippen LogP contribution is 2.50. The molecule has 0 radical (unpaired) electrons. The Morgan fingerprint density at radius 3 is 2.52 bits per heavy atom. The van der Waals surface area contributed by atoms with Crippen molar-refractivity contribution >= 4 is 28.9 Å². The molecule has 3 aliphatic rings. The van der Waals surface area contributed by atoms with Gasteiger partial charge in [-0.1, -0.05) is 42.3 Å². The predicted molar refractivity (Wildman–Crippen MR) is 118 cm³/mol. The summed E-state index contributed by atoms with van der Waals surface area (Å²) in [5.74, 6) is 0.951. The van der Waals surface area contributed by atoms with Gasteiger partial charge in [-0.05, 0) is 48.9 Å². The van der Waals surface area contributed by atoms with E-state index in [1.807, 2.05) is 30.3 Å². The lowest BCUT2D eigenvalue weighted by molar-refractivity contribution is -0.149.